The molecule has 0 saturated heterocycles. The first kappa shape index (κ1) is 17.8. The van der Waals surface area contributed by atoms with E-state index in [0.717, 1.165) is 16.9 Å². The monoisotopic (exact) mass is 354 g/mol. The van der Waals surface area contributed by atoms with Crippen molar-refractivity contribution in [2.45, 2.75) is 13.0 Å². The zero-order valence-electron chi connectivity index (χ0n) is 15.0. The van der Waals surface area contributed by atoms with Crippen molar-refractivity contribution in [1.82, 2.24) is 15.2 Å². The standard InChI is InChI=1S/C19H22N4O3/c1-4-26-16-11-13(7-10-15(16)25-3)17(20)19-21-18(22-23-19)12-5-8-14(24-2)9-6-12/h5-11,17H,4,20H2,1-3H3,(H,21,22,23). The largest absolute Gasteiger partial charge is 0.497 e. The van der Waals surface area contributed by atoms with Crippen LogP contribution in [0.3, 0.4) is 0 Å². The molecule has 136 valence electrons. The van der Waals surface area contributed by atoms with Crippen LogP contribution in [-0.4, -0.2) is 36.0 Å². The van der Waals surface area contributed by atoms with Gasteiger partial charge in [0.25, 0.3) is 0 Å². The summed E-state index contributed by atoms with van der Waals surface area (Å²) in [5.41, 5.74) is 8.09. The van der Waals surface area contributed by atoms with Gasteiger partial charge in [0.1, 0.15) is 11.6 Å². The van der Waals surface area contributed by atoms with Gasteiger partial charge in [-0.25, -0.2) is 4.98 Å². The molecule has 0 aliphatic heterocycles. The Morgan fingerprint density at radius 3 is 2.46 bits per heavy atom. The average Bonchev–Trinajstić information content (AvgIpc) is 3.18. The number of rotatable bonds is 7. The number of methoxy groups -OCH3 is 2. The summed E-state index contributed by atoms with van der Waals surface area (Å²) in [6.07, 6.45) is 0. The van der Waals surface area contributed by atoms with E-state index in [4.69, 9.17) is 19.9 Å². The molecule has 1 atom stereocenters. The lowest BCUT2D eigenvalue weighted by molar-refractivity contribution is 0.310. The van der Waals surface area contributed by atoms with E-state index in [0.29, 0.717) is 29.8 Å². The van der Waals surface area contributed by atoms with Gasteiger partial charge in [-0.15, -0.1) is 0 Å². The van der Waals surface area contributed by atoms with Gasteiger partial charge in [0, 0.05) is 5.56 Å². The molecule has 0 amide bonds. The molecule has 0 radical (unpaired) electrons. The molecule has 0 aliphatic carbocycles. The molecule has 3 N–H and O–H groups in total. The van der Waals surface area contributed by atoms with Crippen molar-refractivity contribution in [3.8, 4) is 28.6 Å². The Balaban J connectivity index is 1.85. The SMILES string of the molecule is CCOc1cc(C(N)c2nc(-c3ccc(OC)cc3)n[nH]2)ccc1OC. The van der Waals surface area contributed by atoms with E-state index >= 15 is 0 Å². The van der Waals surface area contributed by atoms with Crippen molar-refractivity contribution in [2.24, 2.45) is 5.73 Å². The van der Waals surface area contributed by atoms with E-state index in [2.05, 4.69) is 15.2 Å². The van der Waals surface area contributed by atoms with Crippen LogP contribution in [-0.2, 0) is 0 Å². The van der Waals surface area contributed by atoms with Gasteiger partial charge in [-0.05, 0) is 48.9 Å². The molecule has 0 bridgehead atoms. The molecule has 26 heavy (non-hydrogen) atoms. The molecule has 0 fully saturated rings. The van der Waals surface area contributed by atoms with Crippen LogP contribution < -0.4 is 19.9 Å². The van der Waals surface area contributed by atoms with Gasteiger partial charge < -0.3 is 19.9 Å². The summed E-state index contributed by atoms with van der Waals surface area (Å²) < 4.78 is 16.1. The van der Waals surface area contributed by atoms with Crippen LogP contribution in [0.5, 0.6) is 17.2 Å². The second-order valence-corrected chi connectivity index (χ2v) is 5.59. The molecule has 2 aromatic carbocycles. The second kappa shape index (κ2) is 7.88. The second-order valence-electron chi connectivity index (χ2n) is 5.59. The molecule has 1 unspecified atom stereocenters. The smallest absolute Gasteiger partial charge is 0.181 e. The fraction of sp³-hybridized carbons (Fsp3) is 0.263. The molecular formula is C19H22N4O3. The number of nitrogens with zero attached hydrogens (tertiary/aromatic N) is 2. The van der Waals surface area contributed by atoms with Crippen LogP contribution in [0.25, 0.3) is 11.4 Å². The normalized spacial score (nSPS) is 11.8. The van der Waals surface area contributed by atoms with Gasteiger partial charge >= 0.3 is 0 Å². The molecular weight excluding hydrogens is 332 g/mol. The van der Waals surface area contributed by atoms with Crippen molar-refractivity contribution in [3.05, 3.63) is 53.9 Å². The highest BCUT2D eigenvalue weighted by atomic mass is 16.5. The Morgan fingerprint density at radius 1 is 1.04 bits per heavy atom. The number of nitrogens with one attached hydrogen (secondary N) is 1. The lowest BCUT2D eigenvalue weighted by Gasteiger charge is -2.14. The molecule has 0 aliphatic rings. The first-order valence-corrected chi connectivity index (χ1v) is 8.29. The first-order chi connectivity index (χ1) is 12.7. The van der Waals surface area contributed by atoms with Gasteiger partial charge in [-0.1, -0.05) is 6.07 Å². The van der Waals surface area contributed by atoms with Crippen LogP contribution in [0.1, 0.15) is 24.4 Å². The highest BCUT2D eigenvalue weighted by Gasteiger charge is 2.17. The number of nitrogens with two attached hydrogens (primary N) is 1. The van der Waals surface area contributed by atoms with Crippen LogP contribution in [0.2, 0.25) is 0 Å². The number of aromatic nitrogens is 3. The van der Waals surface area contributed by atoms with E-state index < -0.39 is 6.04 Å². The van der Waals surface area contributed by atoms with E-state index in [1.807, 2.05) is 49.4 Å². The first-order valence-electron chi connectivity index (χ1n) is 8.29. The fourth-order valence-electron chi connectivity index (χ4n) is 2.60. The minimum absolute atomic E-state index is 0.459. The van der Waals surface area contributed by atoms with E-state index in [1.54, 1.807) is 14.2 Å². The number of aromatic amines is 1. The topological polar surface area (TPSA) is 95.3 Å². The summed E-state index contributed by atoms with van der Waals surface area (Å²) in [5, 5.41) is 7.19. The zero-order valence-corrected chi connectivity index (χ0v) is 15.0. The molecule has 0 saturated carbocycles. The average molecular weight is 354 g/mol. The highest BCUT2D eigenvalue weighted by Crippen LogP contribution is 2.31. The predicted octanol–water partition coefficient (Wildman–Crippen LogP) is 2.94. The molecule has 1 aromatic heterocycles. The fourth-order valence-corrected chi connectivity index (χ4v) is 2.60. The summed E-state index contributed by atoms with van der Waals surface area (Å²) >= 11 is 0. The van der Waals surface area contributed by atoms with Crippen molar-refractivity contribution < 1.29 is 14.2 Å². The Labute approximate surface area is 152 Å². The Kier molecular flexibility index (Phi) is 5.38. The number of hydrogen-bond donors (Lipinski definition) is 2. The maximum Gasteiger partial charge on any atom is 0.181 e. The Bertz CT molecular complexity index is 861. The van der Waals surface area contributed by atoms with Crippen LogP contribution in [0.4, 0.5) is 0 Å². The van der Waals surface area contributed by atoms with E-state index in [1.165, 1.54) is 0 Å². The van der Waals surface area contributed by atoms with Crippen molar-refractivity contribution in [1.29, 1.82) is 0 Å². The number of ether oxygens (including phenoxy) is 3. The van der Waals surface area contributed by atoms with Gasteiger partial charge in [0.05, 0.1) is 26.9 Å². The lowest BCUT2D eigenvalue weighted by Crippen LogP contribution is -2.14. The summed E-state index contributed by atoms with van der Waals surface area (Å²) in [4.78, 5) is 4.53. The van der Waals surface area contributed by atoms with Crippen molar-refractivity contribution >= 4 is 0 Å². The highest BCUT2D eigenvalue weighted by molar-refractivity contribution is 5.56. The van der Waals surface area contributed by atoms with Crippen LogP contribution >= 0.6 is 0 Å². The van der Waals surface area contributed by atoms with E-state index in [9.17, 15) is 0 Å². The van der Waals surface area contributed by atoms with Gasteiger partial charge in [-0.2, -0.15) is 5.10 Å². The quantitative estimate of drug-likeness (QED) is 0.677. The third-order valence-electron chi connectivity index (χ3n) is 3.99. The number of hydrogen-bond acceptors (Lipinski definition) is 6. The summed E-state index contributed by atoms with van der Waals surface area (Å²) in [7, 11) is 3.24. The third kappa shape index (κ3) is 3.62. The van der Waals surface area contributed by atoms with Crippen molar-refractivity contribution in [3.63, 3.8) is 0 Å². The molecule has 1 heterocycles. The summed E-state index contributed by atoms with van der Waals surface area (Å²) in [6.45, 7) is 2.46. The van der Waals surface area contributed by atoms with E-state index in [-0.39, 0.29) is 0 Å². The summed E-state index contributed by atoms with van der Waals surface area (Å²) in [5.74, 6) is 3.25. The van der Waals surface area contributed by atoms with Gasteiger partial charge in [-0.3, -0.25) is 5.10 Å². The molecule has 3 rings (SSSR count). The van der Waals surface area contributed by atoms with Crippen LogP contribution in [0.15, 0.2) is 42.5 Å². The zero-order chi connectivity index (χ0) is 18.5. The molecule has 7 heteroatoms. The minimum Gasteiger partial charge on any atom is -0.497 e. The Morgan fingerprint density at radius 2 is 1.81 bits per heavy atom. The lowest BCUT2D eigenvalue weighted by atomic mass is 10.1. The Hall–Kier alpha value is -3.06. The van der Waals surface area contributed by atoms with Gasteiger partial charge in [0.2, 0.25) is 0 Å². The maximum atomic E-state index is 6.36. The third-order valence-corrected chi connectivity index (χ3v) is 3.99. The number of H-pyrrole nitrogens is 1. The molecule has 7 nitrogen and oxygen atoms in total. The molecule has 3 aromatic rings. The predicted molar refractivity (Wildman–Crippen MR) is 98.6 cm³/mol. The molecule has 0 spiro atoms. The maximum absolute atomic E-state index is 6.36. The van der Waals surface area contributed by atoms with Crippen LogP contribution in [0, 0.1) is 0 Å². The summed E-state index contributed by atoms with van der Waals surface area (Å²) in [6, 6.07) is 12.7. The number of benzene rings is 2. The van der Waals surface area contributed by atoms with Gasteiger partial charge in [0.15, 0.2) is 17.3 Å². The van der Waals surface area contributed by atoms with Crippen molar-refractivity contribution in [2.75, 3.05) is 20.8 Å². The minimum atomic E-state index is -0.459.